The highest BCUT2D eigenvalue weighted by Gasteiger charge is 2.22. The smallest absolute Gasteiger partial charge is 0.345 e. The standard InChI is InChI=1S/C11H16N2O6S2/c1-7-9(5-8(20-7)11(15)16)21(17,18)13-6-10(14)12-3-4-19-2/h5,13H,3-4,6H2,1-2H3,(H,12,14)(H,15,16). The number of carbonyl (C=O) groups excluding carboxylic acids is 1. The second kappa shape index (κ2) is 7.50. The van der Waals surface area contributed by atoms with Crippen molar-refractivity contribution in [3.05, 3.63) is 15.8 Å². The van der Waals surface area contributed by atoms with Crippen LogP contribution < -0.4 is 10.0 Å². The maximum atomic E-state index is 12.0. The molecule has 10 heteroatoms. The van der Waals surface area contributed by atoms with Crippen molar-refractivity contribution >= 4 is 33.2 Å². The Bertz CT molecular complexity index is 623. The predicted molar refractivity (Wildman–Crippen MR) is 76.1 cm³/mol. The zero-order chi connectivity index (χ0) is 16.0. The van der Waals surface area contributed by atoms with Gasteiger partial charge >= 0.3 is 5.97 Å². The second-order valence-corrected chi connectivity index (χ2v) is 7.00. The van der Waals surface area contributed by atoms with Crippen LogP contribution in [-0.4, -0.2) is 52.2 Å². The van der Waals surface area contributed by atoms with Gasteiger partial charge in [0.05, 0.1) is 18.0 Å². The number of amides is 1. The topological polar surface area (TPSA) is 122 Å². The molecule has 118 valence electrons. The maximum Gasteiger partial charge on any atom is 0.345 e. The molecular weight excluding hydrogens is 320 g/mol. The number of carbonyl (C=O) groups is 2. The molecule has 21 heavy (non-hydrogen) atoms. The first-order valence-corrected chi connectivity index (χ1v) is 8.17. The highest BCUT2D eigenvalue weighted by Crippen LogP contribution is 2.25. The summed E-state index contributed by atoms with van der Waals surface area (Å²) in [6.07, 6.45) is 0. The highest BCUT2D eigenvalue weighted by atomic mass is 32.2. The van der Waals surface area contributed by atoms with Crippen molar-refractivity contribution in [2.24, 2.45) is 0 Å². The Morgan fingerprint density at radius 2 is 2.10 bits per heavy atom. The van der Waals surface area contributed by atoms with Gasteiger partial charge in [0.2, 0.25) is 15.9 Å². The number of ether oxygens (including phenoxy) is 1. The minimum atomic E-state index is -3.92. The van der Waals surface area contributed by atoms with E-state index in [1.54, 1.807) is 0 Å². The summed E-state index contributed by atoms with van der Waals surface area (Å²) in [6, 6.07) is 1.08. The van der Waals surface area contributed by atoms with E-state index in [9.17, 15) is 18.0 Å². The Hall–Kier alpha value is -1.49. The van der Waals surface area contributed by atoms with Crippen molar-refractivity contribution in [1.29, 1.82) is 0 Å². The van der Waals surface area contributed by atoms with Crippen LogP contribution in [0.4, 0.5) is 0 Å². The molecule has 0 unspecified atom stereocenters. The van der Waals surface area contributed by atoms with Gasteiger partial charge in [-0.05, 0) is 13.0 Å². The van der Waals surface area contributed by atoms with E-state index in [1.807, 2.05) is 0 Å². The van der Waals surface area contributed by atoms with E-state index in [4.69, 9.17) is 9.84 Å². The van der Waals surface area contributed by atoms with Gasteiger partial charge in [0.25, 0.3) is 0 Å². The third-order valence-electron chi connectivity index (χ3n) is 2.42. The van der Waals surface area contributed by atoms with Crippen LogP contribution in [-0.2, 0) is 19.6 Å². The molecule has 1 aromatic rings. The Morgan fingerprint density at radius 3 is 2.62 bits per heavy atom. The van der Waals surface area contributed by atoms with E-state index < -0.39 is 28.4 Å². The fourth-order valence-corrected chi connectivity index (χ4v) is 3.84. The summed E-state index contributed by atoms with van der Waals surface area (Å²) < 4.78 is 30.9. The summed E-state index contributed by atoms with van der Waals surface area (Å²) in [5.74, 6) is -1.69. The van der Waals surface area contributed by atoms with Crippen molar-refractivity contribution < 1.29 is 27.9 Å². The second-order valence-electron chi connectivity index (χ2n) is 4.00. The van der Waals surface area contributed by atoms with Crippen LogP contribution in [0.3, 0.4) is 0 Å². The third-order valence-corrected chi connectivity index (χ3v) is 5.12. The molecule has 0 aliphatic carbocycles. The average molecular weight is 336 g/mol. The number of rotatable bonds is 8. The largest absolute Gasteiger partial charge is 0.477 e. The molecule has 3 N–H and O–H groups in total. The SMILES string of the molecule is COCCNC(=O)CNS(=O)(=O)c1cc(C(=O)O)sc1C. The molecular formula is C11H16N2O6S2. The summed E-state index contributed by atoms with van der Waals surface area (Å²) in [7, 11) is -2.44. The molecule has 0 saturated heterocycles. The molecule has 0 bridgehead atoms. The first-order valence-electron chi connectivity index (χ1n) is 5.87. The molecule has 8 nitrogen and oxygen atoms in total. The lowest BCUT2D eigenvalue weighted by Crippen LogP contribution is -2.38. The van der Waals surface area contributed by atoms with Crippen LogP contribution in [0.2, 0.25) is 0 Å². The number of aromatic carboxylic acids is 1. The van der Waals surface area contributed by atoms with Gasteiger partial charge in [-0.15, -0.1) is 11.3 Å². The maximum absolute atomic E-state index is 12.0. The third kappa shape index (κ3) is 5.08. The van der Waals surface area contributed by atoms with Crippen molar-refractivity contribution in [2.75, 3.05) is 26.8 Å². The predicted octanol–water partition coefficient (Wildman–Crippen LogP) is -0.204. The molecule has 0 aliphatic heterocycles. The number of hydrogen-bond acceptors (Lipinski definition) is 6. The first kappa shape index (κ1) is 17.6. The number of thiophene rings is 1. The first-order chi connectivity index (χ1) is 9.77. The number of methoxy groups -OCH3 is 1. The quantitative estimate of drug-likeness (QED) is 0.565. The van der Waals surface area contributed by atoms with Crippen LogP contribution in [0.1, 0.15) is 14.5 Å². The Balaban J connectivity index is 2.69. The van der Waals surface area contributed by atoms with Crippen LogP contribution in [0.15, 0.2) is 11.0 Å². The zero-order valence-corrected chi connectivity index (χ0v) is 13.1. The highest BCUT2D eigenvalue weighted by molar-refractivity contribution is 7.89. The van der Waals surface area contributed by atoms with Gasteiger partial charge in [0.15, 0.2) is 0 Å². The van der Waals surface area contributed by atoms with Crippen LogP contribution in [0.5, 0.6) is 0 Å². The number of carboxylic acids is 1. The van der Waals surface area contributed by atoms with Crippen LogP contribution in [0, 0.1) is 6.92 Å². The minimum Gasteiger partial charge on any atom is -0.477 e. The van der Waals surface area contributed by atoms with Crippen molar-refractivity contribution in [3.63, 3.8) is 0 Å². The van der Waals surface area contributed by atoms with Gasteiger partial charge in [0, 0.05) is 18.5 Å². The average Bonchev–Trinajstić information content (AvgIpc) is 2.80. The zero-order valence-electron chi connectivity index (χ0n) is 11.5. The summed E-state index contributed by atoms with van der Waals surface area (Å²) in [6.45, 7) is 1.68. The Labute approximate surface area is 126 Å². The van der Waals surface area contributed by atoms with Crippen molar-refractivity contribution in [2.45, 2.75) is 11.8 Å². The van der Waals surface area contributed by atoms with Gasteiger partial charge < -0.3 is 15.2 Å². The fourth-order valence-electron chi connectivity index (χ4n) is 1.43. The molecule has 1 aromatic heterocycles. The van der Waals surface area contributed by atoms with Gasteiger partial charge in [-0.2, -0.15) is 0 Å². The number of hydrogen-bond donors (Lipinski definition) is 3. The van der Waals surface area contributed by atoms with E-state index in [-0.39, 0.29) is 16.3 Å². The number of sulfonamides is 1. The van der Waals surface area contributed by atoms with Crippen LogP contribution >= 0.6 is 11.3 Å². The summed E-state index contributed by atoms with van der Waals surface area (Å²) in [4.78, 5) is 22.4. The molecule has 0 atom stereocenters. The lowest BCUT2D eigenvalue weighted by molar-refractivity contribution is -0.120. The van der Waals surface area contributed by atoms with Crippen molar-refractivity contribution in [1.82, 2.24) is 10.0 Å². The number of carboxylic acid groups (broad SMARTS) is 1. The molecule has 1 heterocycles. The van der Waals surface area contributed by atoms with E-state index in [0.717, 1.165) is 17.4 Å². The van der Waals surface area contributed by atoms with Gasteiger partial charge in [0.1, 0.15) is 4.88 Å². The molecule has 0 aliphatic rings. The normalized spacial score (nSPS) is 11.3. The van der Waals surface area contributed by atoms with Gasteiger partial charge in [-0.3, -0.25) is 4.79 Å². The van der Waals surface area contributed by atoms with Gasteiger partial charge in [-0.1, -0.05) is 0 Å². The molecule has 1 rings (SSSR count). The van der Waals surface area contributed by atoms with Gasteiger partial charge in [-0.25, -0.2) is 17.9 Å². The molecule has 0 fully saturated rings. The molecule has 0 spiro atoms. The monoisotopic (exact) mass is 336 g/mol. The fraction of sp³-hybridized carbons (Fsp3) is 0.455. The lowest BCUT2D eigenvalue weighted by Gasteiger charge is -2.07. The van der Waals surface area contributed by atoms with E-state index in [1.165, 1.54) is 14.0 Å². The van der Waals surface area contributed by atoms with Crippen LogP contribution in [0.25, 0.3) is 0 Å². The minimum absolute atomic E-state index is 0.0718. The van der Waals surface area contributed by atoms with E-state index in [2.05, 4.69) is 10.0 Å². The molecule has 1 amide bonds. The number of aryl methyl sites for hydroxylation is 1. The Morgan fingerprint density at radius 1 is 1.43 bits per heavy atom. The summed E-state index contributed by atoms with van der Waals surface area (Å²) in [5.41, 5.74) is 0. The van der Waals surface area contributed by atoms with E-state index >= 15 is 0 Å². The molecule has 0 aromatic carbocycles. The Kier molecular flexibility index (Phi) is 6.27. The molecule has 0 saturated carbocycles. The molecule has 0 radical (unpaired) electrons. The summed E-state index contributed by atoms with van der Waals surface area (Å²) in [5, 5.41) is 11.3. The number of nitrogens with one attached hydrogen (secondary N) is 2. The lowest BCUT2D eigenvalue weighted by atomic mass is 10.4. The summed E-state index contributed by atoms with van der Waals surface area (Å²) >= 11 is 0.865. The van der Waals surface area contributed by atoms with E-state index in [0.29, 0.717) is 11.5 Å². The van der Waals surface area contributed by atoms with Crippen molar-refractivity contribution in [3.8, 4) is 0 Å².